The van der Waals surface area contributed by atoms with Crippen molar-refractivity contribution in [3.8, 4) is 5.75 Å². The van der Waals surface area contributed by atoms with E-state index in [-0.39, 0.29) is 24.9 Å². The fourth-order valence-corrected chi connectivity index (χ4v) is 4.30. The predicted octanol–water partition coefficient (Wildman–Crippen LogP) is 3.82. The van der Waals surface area contributed by atoms with Crippen LogP contribution < -0.4 is 14.4 Å². The summed E-state index contributed by atoms with van der Waals surface area (Å²) in [5.41, 5.74) is 2.72. The minimum atomic E-state index is -3.50. The lowest BCUT2D eigenvalue weighted by Crippen LogP contribution is -2.33. The maximum absolute atomic E-state index is 12.5. The Hall–Kier alpha value is -2.54. The van der Waals surface area contributed by atoms with Crippen LogP contribution in [0.5, 0.6) is 5.75 Å². The van der Waals surface area contributed by atoms with Gasteiger partial charge in [0.2, 0.25) is 15.9 Å². The second kappa shape index (κ2) is 10.3. The van der Waals surface area contributed by atoms with Gasteiger partial charge in [0.05, 0.1) is 25.1 Å². The lowest BCUT2D eigenvalue weighted by Gasteiger charge is -2.24. The molecule has 1 N–H and O–H groups in total. The normalized spacial score (nSPS) is 12.3. The molecule has 0 spiro atoms. The number of nitrogens with zero attached hydrogens (tertiary/aromatic N) is 1. The van der Waals surface area contributed by atoms with Crippen LogP contribution in [-0.4, -0.2) is 34.2 Å². The second-order valence-corrected chi connectivity index (χ2v) is 8.90. The van der Waals surface area contributed by atoms with Gasteiger partial charge in [0, 0.05) is 13.0 Å². The number of carbonyl (C=O) groups excluding carboxylic acids is 1. The first-order valence-electron chi connectivity index (χ1n) is 9.73. The molecule has 29 heavy (non-hydrogen) atoms. The van der Waals surface area contributed by atoms with E-state index in [1.54, 1.807) is 24.3 Å². The number of carbonyl (C=O) groups is 1. The van der Waals surface area contributed by atoms with E-state index >= 15 is 0 Å². The van der Waals surface area contributed by atoms with Crippen molar-refractivity contribution in [3.05, 3.63) is 59.7 Å². The van der Waals surface area contributed by atoms with Crippen molar-refractivity contribution < 1.29 is 17.9 Å². The van der Waals surface area contributed by atoms with Crippen molar-refractivity contribution in [2.24, 2.45) is 0 Å². The molecule has 1 atom stereocenters. The molecule has 2 aromatic rings. The largest absolute Gasteiger partial charge is 0.495 e. The summed E-state index contributed by atoms with van der Waals surface area (Å²) in [5, 5.41) is 3.07. The number of benzene rings is 2. The van der Waals surface area contributed by atoms with Gasteiger partial charge in [0.1, 0.15) is 5.75 Å². The van der Waals surface area contributed by atoms with Gasteiger partial charge in [0.25, 0.3) is 0 Å². The first-order valence-corrected chi connectivity index (χ1v) is 11.6. The number of rotatable bonds is 10. The molecule has 1 unspecified atom stereocenters. The molecule has 2 aromatic carbocycles. The molecule has 2 rings (SSSR count). The summed E-state index contributed by atoms with van der Waals surface area (Å²) in [7, 11) is -2.00. The van der Waals surface area contributed by atoms with Gasteiger partial charge in [0.15, 0.2) is 0 Å². The van der Waals surface area contributed by atoms with Crippen molar-refractivity contribution in [2.45, 2.75) is 39.2 Å². The molecule has 0 bridgehead atoms. The smallest absolute Gasteiger partial charge is 0.232 e. The number of hydrogen-bond donors (Lipinski definition) is 1. The molecule has 6 nitrogen and oxygen atoms in total. The Balaban J connectivity index is 2.02. The van der Waals surface area contributed by atoms with Crippen LogP contribution in [0.25, 0.3) is 0 Å². The summed E-state index contributed by atoms with van der Waals surface area (Å²) in [6, 6.07) is 14.9. The van der Waals surface area contributed by atoms with E-state index in [1.165, 1.54) is 11.4 Å². The minimum absolute atomic E-state index is 0.0519. The summed E-state index contributed by atoms with van der Waals surface area (Å²) in [4.78, 5) is 12.5. The number of methoxy groups -OCH3 is 1. The first kappa shape index (κ1) is 22.7. The van der Waals surface area contributed by atoms with Gasteiger partial charge in [-0.3, -0.25) is 9.10 Å². The molecule has 0 aliphatic rings. The van der Waals surface area contributed by atoms with Crippen molar-refractivity contribution in [3.63, 3.8) is 0 Å². The molecular weight excluding hydrogens is 388 g/mol. The zero-order chi connectivity index (χ0) is 21.4. The summed E-state index contributed by atoms with van der Waals surface area (Å²) >= 11 is 0. The summed E-state index contributed by atoms with van der Waals surface area (Å²) in [6.45, 7) is 4.26. The van der Waals surface area contributed by atoms with Gasteiger partial charge >= 0.3 is 0 Å². The molecule has 0 fully saturated rings. The van der Waals surface area contributed by atoms with Crippen LogP contribution in [0.1, 0.15) is 43.4 Å². The van der Waals surface area contributed by atoms with Gasteiger partial charge in [-0.25, -0.2) is 8.42 Å². The van der Waals surface area contributed by atoms with Crippen LogP contribution in [0, 0.1) is 6.92 Å². The van der Waals surface area contributed by atoms with Crippen LogP contribution in [-0.2, 0) is 14.8 Å². The number of amides is 1. The van der Waals surface area contributed by atoms with Gasteiger partial charge in [-0.1, -0.05) is 43.3 Å². The third-order valence-corrected chi connectivity index (χ3v) is 6.01. The summed E-state index contributed by atoms with van der Waals surface area (Å²) in [5.74, 6) is 0.390. The molecule has 0 heterocycles. The van der Waals surface area contributed by atoms with Crippen molar-refractivity contribution in [2.75, 3.05) is 24.2 Å². The van der Waals surface area contributed by atoms with Crippen LogP contribution in [0.15, 0.2) is 48.5 Å². The molecule has 7 heteroatoms. The Morgan fingerprint density at radius 2 is 1.79 bits per heavy atom. The topological polar surface area (TPSA) is 75.7 Å². The van der Waals surface area contributed by atoms with Gasteiger partial charge in [-0.15, -0.1) is 0 Å². The number of hydrogen-bond acceptors (Lipinski definition) is 4. The Kier molecular flexibility index (Phi) is 8.08. The average Bonchev–Trinajstić information content (AvgIpc) is 2.69. The van der Waals surface area contributed by atoms with Crippen LogP contribution in [0.4, 0.5) is 5.69 Å². The third-order valence-electron chi connectivity index (χ3n) is 4.83. The molecular formula is C22H30N2O4S. The van der Waals surface area contributed by atoms with Crippen LogP contribution in [0.3, 0.4) is 0 Å². The summed E-state index contributed by atoms with van der Waals surface area (Å²) < 4.78 is 31.2. The molecule has 0 aromatic heterocycles. The Labute approximate surface area is 173 Å². The number of ether oxygens (including phenoxy) is 1. The van der Waals surface area contributed by atoms with Gasteiger partial charge in [-0.2, -0.15) is 0 Å². The van der Waals surface area contributed by atoms with Gasteiger partial charge in [-0.05, 0) is 43.0 Å². The molecule has 1 amide bonds. The zero-order valence-electron chi connectivity index (χ0n) is 17.5. The molecule has 0 aliphatic heterocycles. The summed E-state index contributed by atoms with van der Waals surface area (Å²) in [6.07, 6.45) is 2.59. The average molecular weight is 419 g/mol. The molecule has 0 aliphatic carbocycles. The highest BCUT2D eigenvalue weighted by Gasteiger charge is 2.21. The number of anilines is 1. The van der Waals surface area contributed by atoms with Gasteiger partial charge < -0.3 is 10.1 Å². The number of aryl methyl sites for hydroxylation is 1. The zero-order valence-corrected chi connectivity index (χ0v) is 18.3. The lowest BCUT2D eigenvalue weighted by molar-refractivity contribution is -0.121. The highest BCUT2D eigenvalue weighted by atomic mass is 32.2. The van der Waals surface area contributed by atoms with Crippen LogP contribution >= 0.6 is 0 Å². The fourth-order valence-electron chi connectivity index (χ4n) is 3.33. The van der Waals surface area contributed by atoms with Crippen LogP contribution in [0.2, 0.25) is 0 Å². The fraction of sp³-hybridized carbons (Fsp3) is 0.409. The van der Waals surface area contributed by atoms with Crippen molar-refractivity contribution >= 4 is 21.6 Å². The maximum Gasteiger partial charge on any atom is 0.232 e. The highest BCUT2D eigenvalue weighted by Crippen LogP contribution is 2.29. The number of nitrogens with one attached hydrogen (secondary N) is 1. The standard InChI is InChI=1S/C22H30N2O4S/c1-5-19(18-12-7-6-11-17(18)2)23-22(25)15-10-16-24(29(4,26)27)20-13-8-9-14-21(20)28-3/h6-9,11-14,19H,5,10,15-16H2,1-4H3,(H,23,25). The maximum atomic E-state index is 12.5. The van der Waals surface area contributed by atoms with Crippen molar-refractivity contribution in [1.29, 1.82) is 0 Å². The van der Waals surface area contributed by atoms with E-state index in [0.29, 0.717) is 17.9 Å². The molecule has 0 saturated carbocycles. The number of para-hydroxylation sites is 2. The van der Waals surface area contributed by atoms with E-state index in [1.807, 2.05) is 38.1 Å². The SMILES string of the molecule is CCC(NC(=O)CCCN(c1ccccc1OC)S(C)(=O)=O)c1ccccc1C. The third kappa shape index (κ3) is 6.22. The van der Waals surface area contributed by atoms with Crippen molar-refractivity contribution in [1.82, 2.24) is 5.32 Å². The van der Waals surface area contributed by atoms with E-state index < -0.39 is 10.0 Å². The lowest BCUT2D eigenvalue weighted by atomic mass is 9.99. The first-order chi connectivity index (χ1) is 13.8. The minimum Gasteiger partial charge on any atom is -0.495 e. The molecule has 0 saturated heterocycles. The second-order valence-electron chi connectivity index (χ2n) is 7.00. The molecule has 0 radical (unpaired) electrons. The number of sulfonamides is 1. The van der Waals surface area contributed by atoms with E-state index in [9.17, 15) is 13.2 Å². The Bertz CT molecular complexity index is 928. The predicted molar refractivity (Wildman–Crippen MR) is 117 cm³/mol. The monoisotopic (exact) mass is 418 g/mol. The molecule has 158 valence electrons. The Morgan fingerprint density at radius 1 is 1.14 bits per heavy atom. The highest BCUT2D eigenvalue weighted by molar-refractivity contribution is 7.92. The Morgan fingerprint density at radius 3 is 2.41 bits per heavy atom. The quantitative estimate of drug-likeness (QED) is 0.636. The van der Waals surface area contributed by atoms with E-state index in [0.717, 1.165) is 23.8 Å². The van der Waals surface area contributed by atoms with E-state index in [4.69, 9.17) is 4.74 Å². The van der Waals surface area contributed by atoms with E-state index in [2.05, 4.69) is 5.32 Å².